The van der Waals surface area contributed by atoms with Crippen LogP contribution in [0.1, 0.15) is 12.8 Å². The van der Waals surface area contributed by atoms with Crippen molar-refractivity contribution < 1.29 is 0 Å². The van der Waals surface area contributed by atoms with Crippen molar-refractivity contribution in [2.75, 3.05) is 13.1 Å². The second kappa shape index (κ2) is 4.17. The molecule has 5 heteroatoms. The molecule has 0 saturated carbocycles. The number of hydrogen-bond acceptors (Lipinski definition) is 4. The van der Waals surface area contributed by atoms with Crippen LogP contribution in [0.3, 0.4) is 0 Å². The Hall–Kier alpha value is -1.49. The average molecular weight is 217 g/mol. The molecule has 5 nitrogen and oxygen atoms in total. The Balaban J connectivity index is 1.83. The van der Waals surface area contributed by atoms with Crippen LogP contribution >= 0.6 is 0 Å². The highest BCUT2D eigenvalue weighted by Crippen LogP contribution is 2.16. The molecular formula is C11H15N5. The molecule has 2 aromatic heterocycles. The summed E-state index contributed by atoms with van der Waals surface area (Å²) in [5.74, 6) is 0.702. The molecule has 0 aliphatic carbocycles. The molecule has 1 fully saturated rings. The molecule has 3 rings (SSSR count). The minimum absolute atomic E-state index is 0.702. The van der Waals surface area contributed by atoms with Gasteiger partial charge in [0.25, 0.3) is 0 Å². The smallest absolute Gasteiger partial charge is 0.178 e. The van der Waals surface area contributed by atoms with Gasteiger partial charge >= 0.3 is 0 Å². The molecule has 1 saturated heterocycles. The van der Waals surface area contributed by atoms with Gasteiger partial charge in [-0.05, 0) is 44.0 Å². The molecule has 1 N–H and O–H groups in total. The van der Waals surface area contributed by atoms with Crippen molar-refractivity contribution in [3.8, 4) is 0 Å². The maximum absolute atomic E-state index is 4.33. The highest BCUT2D eigenvalue weighted by atomic mass is 15.4. The van der Waals surface area contributed by atoms with Crippen molar-refractivity contribution in [2.24, 2.45) is 5.92 Å². The molecule has 0 amide bonds. The fraction of sp³-hybridized carbons (Fsp3) is 0.545. The first kappa shape index (κ1) is 9.72. The molecule has 16 heavy (non-hydrogen) atoms. The van der Waals surface area contributed by atoms with E-state index >= 15 is 0 Å². The zero-order valence-corrected chi connectivity index (χ0v) is 9.13. The Labute approximate surface area is 93.9 Å². The van der Waals surface area contributed by atoms with Crippen LogP contribution in [0, 0.1) is 5.92 Å². The zero-order chi connectivity index (χ0) is 10.8. The van der Waals surface area contributed by atoms with Crippen molar-refractivity contribution in [2.45, 2.75) is 19.4 Å². The molecule has 0 unspecified atom stereocenters. The first-order valence-electron chi connectivity index (χ1n) is 5.78. The maximum atomic E-state index is 4.33. The van der Waals surface area contributed by atoms with Gasteiger partial charge in [0.05, 0.1) is 0 Å². The lowest BCUT2D eigenvalue weighted by Crippen LogP contribution is -2.30. The third-order valence-corrected chi connectivity index (χ3v) is 3.16. The fourth-order valence-corrected chi connectivity index (χ4v) is 2.24. The van der Waals surface area contributed by atoms with Gasteiger partial charge in [0.1, 0.15) is 5.52 Å². The summed E-state index contributed by atoms with van der Waals surface area (Å²) in [4.78, 5) is 4.33. The van der Waals surface area contributed by atoms with E-state index in [9.17, 15) is 0 Å². The standard InChI is InChI=1S/C11H15N5/c1-2-10-11(13-5-1)16(15-14-10)8-9-3-6-12-7-4-9/h1-2,5,9,12H,3-4,6-8H2. The third kappa shape index (κ3) is 1.78. The van der Waals surface area contributed by atoms with Gasteiger partial charge in [0.15, 0.2) is 5.65 Å². The number of nitrogens with zero attached hydrogens (tertiary/aromatic N) is 4. The minimum atomic E-state index is 0.702. The molecule has 2 aromatic rings. The molecule has 1 aliphatic heterocycles. The van der Waals surface area contributed by atoms with E-state index in [1.165, 1.54) is 12.8 Å². The summed E-state index contributed by atoms with van der Waals surface area (Å²) in [5.41, 5.74) is 1.79. The van der Waals surface area contributed by atoms with Crippen LogP contribution in [-0.4, -0.2) is 33.1 Å². The summed E-state index contributed by atoms with van der Waals surface area (Å²) in [6.07, 6.45) is 4.23. The number of rotatable bonds is 2. The average Bonchev–Trinajstić information content (AvgIpc) is 2.74. The second-order valence-corrected chi connectivity index (χ2v) is 4.31. The van der Waals surface area contributed by atoms with Gasteiger partial charge in [-0.15, -0.1) is 5.10 Å². The van der Waals surface area contributed by atoms with Gasteiger partial charge < -0.3 is 5.32 Å². The lowest BCUT2D eigenvalue weighted by atomic mass is 9.98. The number of nitrogens with one attached hydrogen (secondary N) is 1. The van der Waals surface area contributed by atoms with E-state index in [0.29, 0.717) is 5.92 Å². The molecule has 0 aromatic carbocycles. The van der Waals surface area contributed by atoms with Gasteiger partial charge in [-0.3, -0.25) is 0 Å². The summed E-state index contributed by atoms with van der Waals surface area (Å²) >= 11 is 0. The Morgan fingerprint density at radius 1 is 1.38 bits per heavy atom. The lowest BCUT2D eigenvalue weighted by Gasteiger charge is -2.22. The van der Waals surface area contributed by atoms with Crippen molar-refractivity contribution in [1.82, 2.24) is 25.3 Å². The van der Waals surface area contributed by atoms with Crippen LogP contribution in [0.2, 0.25) is 0 Å². The summed E-state index contributed by atoms with van der Waals surface area (Å²) in [5, 5.41) is 11.7. The number of aromatic nitrogens is 4. The highest BCUT2D eigenvalue weighted by molar-refractivity contribution is 5.68. The SMILES string of the molecule is c1cnc2c(c1)nnn2CC1CCNCC1. The molecule has 84 valence electrons. The van der Waals surface area contributed by atoms with E-state index in [1.807, 2.05) is 16.8 Å². The third-order valence-electron chi connectivity index (χ3n) is 3.16. The monoisotopic (exact) mass is 217 g/mol. The largest absolute Gasteiger partial charge is 0.317 e. The topological polar surface area (TPSA) is 55.6 Å². The molecule has 1 aliphatic rings. The number of piperidine rings is 1. The van der Waals surface area contributed by atoms with Gasteiger partial charge in [-0.25, -0.2) is 9.67 Å². The van der Waals surface area contributed by atoms with E-state index in [-0.39, 0.29) is 0 Å². The number of hydrogen-bond donors (Lipinski definition) is 1. The molecule has 3 heterocycles. The lowest BCUT2D eigenvalue weighted by molar-refractivity contribution is 0.321. The summed E-state index contributed by atoms with van der Waals surface area (Å²) in [6.45, 7) is 3.17. The van der Waals surface area contributed by atoms with Gasteiger partial charge in [-0.2, -0.15) is 0 Å². The van der Waals surface area contributed by atoms with Crippen LogP contribution < -0.4 is 5.32 Å². The van der Waals surface area contributed by atoms with Crippen LogP contribution in [0.5, 0.6) is 0 Å². The van der Waals surface area contributed by atoms with Crippen molar-refractivity contribution >= 4 is 11.2 Å². The molecule has 0 radical (unpaired) electrons. The Morgan fingerprint density at radius 3 is 3.12 bits per heavy atom. The van der Waals surface area contributed by atoms with Crippen molar-refractivity contribution in [3.63, 3.8) is 0 Å². The molecular weight excluding hydrogens is 202 g/mol. The van der Waals surface area contributed by atoms with Crippen LogP contribution in [0.25, 0.3) is 11.2 Å². The van der Waals surface area contributed by atoms with E-state index in [1.54, 1.807) is 6.20 Å². The summed E-state index contributed by atoms with van der Waals surface area (Å²) in [6, 6.07) is 3.85. The number of pyridine rings is 1. The first-order chi connectivity index (χ1) is 7.93. The first-order valence-corrected chi connectivity index (χ1v) is 5.78. The van der Waals surface area contributed by atoms with Gasteiger partial charge in [0.2, 0.25) is 0 Å². The van der Waals surface area contributed by atoms with Gasteiger partial charge in [-0.1, -0.05) is 5.21 Å². The van der Waals surface area contributed by atoms with Crippen LogP contribution in [0.4, 0.5) is 0 Å². The predicted octanol–water partition coefficient (Wildman–Crippen LogP) is 0.826. The Kier molecular flexibility index (Phi) is 2.53. The molecule has 0 spiro atoms. The van der Waals surface area contributed by atoms with Crippen LogP contribution in [0.15, 0.2) is 18.3 Å². The number of fused-ring (bicyclic) bond motifs is 1. The van der Waals surface area contributed by atoms with Crippen molar-refractivity contribution in [1.29, 1.82) is 0 Å². The van der Waals surface area contributed by atoms with E-state index in [4.69, 9.17) is 0 Å². The van der Waals surface area contributed by atoms with E-state index in [0.717, 1.165) is 30.8 Å². The quantitative estimate of drug-likeness (QED) is 0.809. The van der Waals surface area contributed by atoms with Crippen molar-refractivity contribution in [3.05, 3.63) is 18.3 Å². The predicted molar refractivity (Wildman–Crippen MR) is 60.9 cm³/mol. The van der Waals surface area contributed by atoms with Crippen LogP contribution in [-0.2, 0) is 6.54 Å². The molecule has 0 atom stereocenters. The summed E-state index contributed by atoms with van der Waals surface area (Å²) < 4.78 is 1.94. The normalized spacial score (nSPS) is 18.0. The van der Waals surface area contributed by atoms with E-state index < -0.39 is 0 Å². The highest BCUT2D eigenvalue weighted by Gasteiger charge is 2.15. The molecule has 0 bridgehead atoms. The second-order valence-electron chi connectivity index (χ2n) is 4.31. The Bertz CT molecular complexity index is 472. The Morgan fingerprint density at radius 2 is 2.25 bits per heavy atom. The van der Waals surface area contributed by atoms with E-state index in [2.05, 4.69) is 20.6 Å². The summed E-state index contributed by atoms with van der Waals surface area (Å²) in [7, 11) is 0. The minimum Gasteiger partial charge on any atom is -0.317 e. The fourth-order valence-electron chi connectivity index (χ4n) is 2.24. The zero-order valence-electron chi connectivity index (χ0n) is 9.13. The van der Waals surface area contributed by atoms with Gasteiger partial charge in [0, 0.05) is 12.7 Å². The maximum Gasteiger partial charge on any atom is 0.178 e.